The number of aliphatic hydroxyl groups excluding tert-OH is 1. The average molecular weight is 366 g/mol. The lowest BCUT2D eigenvalue weighted by atomic mass is 10.1. The molecule has 0 aliphatic rings. The highest BCUT2D eigenvalue weighted by molar-refractivity contribution is 9.10. The fraction of sp³-hybridized carbons (Fsp3) is 0.294. The van der Waals surface area contributed by atoms with Crippen molar-refractivity contribution in [2.45, 2.75) is 12.6 Å². The molecule has 0 aliphatic carbocycles. The van der Waals surface area contributed by atoms with Crippen molar-refractivity contribution in [2.75, 3.05) is 20.8 Å². The van der Waals surface area contributed by atoms with Gasteiger partial charge in [-0.2, -0.15) is 0 Å². The van der Waals surface area contributed by atoms with Crippen LogP contribution in [-0.4, -0.2) is 25.9 Å². The summed E-state index contributed by atoms with van der Waals surface area (Å²) in [5.41, 5.74) is 1.94. The van der Waals surface area contributed by atoms with Crippen LogP contribution in [0.3, 0.4) is 0 Å². The van der Waals surface area contributed by atoms with Gasteiger partial charge in [0.15, 0.2) is 11.5 Å². The average Bonchev–Trinajstić information content (AvgIpc) is 2.55. The van der Waals surface area contributed by atoms with E-state index in [1.54, 1.807) is 26.4 Å². The van der Waals surface area contributed by atoms with E-state index in [4.69, 9.17) is 9.47 Å². The van der Waals surface area contributed by atoms with Crippen LogP contribution in [0.2, 0.25) is 0 Å². The maximum atomic E-state index is 10.3. The molecule has 0 fully saturated rings. The minimum absolute atomic E-state index is 0.455. The van der Waals surface area contributed by atoms with Crippen molar-refractivity contribution < 1.29 is 14.6 Å². The lowest BCUT2D eigenvalue weighted by molar-refractivity contribution is 0.174. The van der Waals surface area contributed by atoms with E-state index in [2.05, 4.69) is 21.2 Å². The van der Waals surface area contributed by atoms with Gasteiger partial charge in [-0.05, 0) is 29.3 Å². The lowest BCUT2D eigenvalue weighted by Gasteiger charge is -2.15. The van der Waals surface area contributed by atoms with Gasteiger partial charge in [-0.25, -0.2) is 0 Å². The van der Waals surface area contributed by atoms with Gasteiger partial charge in [0.05, 0.1) is 20.3 Å². The molecule has 0 saturated carbocycles. The maximum absolute atomic E-state index is 10.3. The smallest absolute Gasteiger partial charge is 0.161 e. The number of aliphatic hydroxyl groups is 1. The van der Waals surface area contributed by atoms with Crippen molar-refractivity contribution in [3.05, 3.63) is 58.1 Å². The second-order valence-corrected chi connectivity index (χ2v) is 5.71. The first-order valence-electron chi connectivity index (χ1n) is 6.99. The highest BCUT2D eigenvalue weighted by Crippen LogP contribution is 2.29. The van der Waals surface area contributed by atoms with E-state index in [1.165, 1.54) is 0 Å². The molecule has 2 rings (SSSR count). The molecule has 2 N–H and O–H groups in total. The SMILES string of the molecule is COc1ccc([C@@H](O)CNCc2ccccc2Br)cc1OC. The van der Waals surface area contributed by atoms with Gasteiger partial charge < -0.3 is 19.9 Å². The lowest BCUT2D eigenvalue weighted by Crippen LogP contribution is -2.21. The van der Waals surface area contributed by atoms with Crippen LogP contribution in [0.25, 0.3) is 0 Å². The zero-order chi connectivity index (χ0) is 15.9. The highest BCUT2D eigenvalue weighted by atomic mass is 79.9. The fourth-order valence-electron chi connectivity index (χ4n) is 2.16. The molecule has 0 aliphatic heterocycles. The van der Waals surface area contributed by atoms with Crippen LogP contribution in [0.4, 0.5) is 0 Å². The summed E-state index contributed by atoms with van der Waals surface area (Å²) < 4.78 is 11.5. The molecule has 5 heteroatoms. The van der Waals surface area contributed by atoms with E-state index in [-0.39, 0.29) is 0 Å². The standard InChI is InChI=1S/C17H20BrNO3/c1-21-16-8-7-12(9-17(16)22-2)15(20)11-19-10-13-5-3-4-6-14(13)18/h3-9,15,19-20H,10-11H2,1-2H3/t15-/m0/s1. The summed E-state index contributed by atoms with van der Waals surface area (Å²) in [5.74, 6) is 1.27. The summed E-state index contributed by atoms with van der Waals surface area (Å²) in [7, 11) is 3.17. The molecule has 1 atom stereocenters. The number of hydrogen-bond acceptors (Lipinski definition) is 4. The third kappa shape index (κ3) is 4.22. The Bertz CT molecular complexity index is 619. The van der Waals surface area contributed by atoms with Gasteiger partial charge in [0.25, 0.3) is 0 Å². The number of rotatable bonds is 7. The predicted octanol–water partition coefficient (Wildman–Crippen LogP) is 3.29. The predicted molar refractivity (Wildman–Crippen MR) is 90.4 cm³/mol. The Morgan fingerprint density at radius 3 is 2.50 bits per heavy atom. The molecular formula is C17H20BrNO3. The van der Waals surface area contributed by atoms with Gasteiger partial charge in [-0.3, -0.25) is 0 Å². The van der Waals surface area contributed by atoms with Gasteiger partial charge in [-0.1, -0.05) is 40.2 Å². The van der Waals surface area contributed by atoms with Crippen LogP contribution >= 0.6 is 15.9 Å². The third-order valence-corrected chi connectivity index (χ3v) is 4.18. The van der Waals surface area contributed by atoms with Crippen LogP contribution in [0.1, 0.15) is 17.2 Å². The van der Waals surface area contributed by atoms with Crippen molar-refractivity contribution in [1.29, 1.82) is 0 Å². The van der Waals surface area contributed by atoms with E-state index >= 15 is 0 Å². The summed E-state index contributed by atoms with van der Waals surface area (Å²) in [5, 5.41) is 13.5. The third-order valence-electron chi connectivity index (χ3n) is 3.40. The molecule has 0 saturated heterocycles. The molecule has 0 spiro atoms. The Labute approximate surface area is 139 Å². The summed E-state index contributed by atoms with van der Waals surface area (Å²) in [4.78, 5) is 0. The van der Waals surface area contributed by atoms with Crippen molar-refractivity contribution in [3.63, 3.8) is 0 Å². The Kier molecular flexibility index (Phi) is 6.24. The molecule has 0 unspecified atom stereocenters. The molecule has 0 heterocycles. The van der Waals surface area contributed by atoms with Gasteiger partial charge in [0.1, 0.15) is 0 Å². The number of methoxy groups -OCH3 is 2. The van der Waals surface area contributed by atoms with Gasteiger partial charge in [-0.15, -0.1) is 0 Å². The van der Waals surface area contributed by atoms with E-state index in [0.29, 0.717) is 24.6 Å². The quantitative estimate of drug-likeness (QED) is 0.790. The summed E-state index contributed by atoms with van der Waals surface area (Å²) >= 11 is 3.51. The van der Waals surface area contributed by atoms with Crippen LogP contribution in [0.5, 0.6) is 11.5 Å². The van der Waals surface area contributed by atoms with E-state index in [0.717, 1.165) is 15.6 Å². The Balaban J connectivity index is 1.95. The summed E-state index contributed by atoms with van der Waals surface area (Å²) in [6.07, 6.45) is -0.609. The van der Waals surface area contributed by atoms with Crippen molar-refractivity contribution in [2.24, 2.45) is 0 Å². The van der Waals surface area contributed by atoms with Gasteiger partial charge in [0, 0.05) is 17.6 Å². The monoisotopic (exact) mass is 365 g/mol. The van der Waals surface area contributed by atoms with E-state index < -0.39 is 6.10 Å². The summed E-state index contributed by atoms with van der Waals surface area (Å²) in [6, 6.07) is 13.4. The molecule has 0 bridgehead atoms. The normalized spacial score (nSPS) is 12.0. The molecule has 22 heavy (non-hydrogen) atoms. The Morgan fingerprint density at radius 2 is 1.82 bits per heavy atom. The molecule has 118 valence electrons. The largest absolute Gasteiger partial charge is 0.493 e. The molecule has 2 aromatic carbocycles. The zero-order valence-electron chi connectivity index (χ0n) is 12.7. The first-order chi connectivity index (χ1) is 10.7. The van der Waals surface area contributed by atoms with Crippen LogP contribution < -0.4 is 14.8 Å². The second-order valence-electron chi connectivity index (χ2n) is 4.85. The van der Waals surface area contributed by atoms with Gasteiger partial charge >= 0.3 is 0 Å². The first kappa shape index (κ1) is 16.8. The highest BCUT2D eigenvalue weighted by Gasteiger charge is 2.11. The number of hydrogen-bond donors (Lipinski definition) is 2. The topological polar surface area (TPSA) is 50.7 Å². The fourth-order valence-corrected chi connectivity index (χ4v) is 2.59. The van der Waals surface area contributed by atoms with Crippen LogP contribution in [0, 0.1) is 0 Å². The first-order valence-corrected chi connectivity index (χ1v) is 7.79. The molecule has 4 nitrogen and oxygen atoms in total. The van der Waals surface area contributed by atoms with E-state index in [9.17, 15) is 5.11 Å². The summed E-state index contributed by atoms with van der Waals surface area (Å²) in [6.45, 7) is 1.14. The van der Waals surface area contributed by atoms with Crippen molar-refractivity contribution in [3.8, 4) is 11.5 Å². The van der Waals surface area contributed by atoms with Crippen LogP contribution in [0.15, 0.2) is 46.9 Å². The van der Waals surface area contributed by atoms with Gasteiger partial charge in [0.2, 0.25) is 0 Å². The van der Waals surface area contributed by atoms with Crippen molar-refractivity contribution in [1.82, 2.24) is 5.32 Å². The molecule has 0 radical (unpaired) electrons. The minimum atomic E-state index is -0.609. The number of ether oxygens (including phenoxy) is 2. The molecule has 0 amide bonds. The van der Waals surface area contributed by atoms with E-state index in [1.807, 2.05) is 30.3 Å². The zero-order valence-corrected chi connectivity index (χ0v) is 14.3. The Hall–Kier alpha value is -1.56. The maximum Gasteiger partial charge on any atom is 0.161 e. The van der Waals surface area contributed by atoms with Crippen LogP contribution in [-0.2, 0) is 6.54 Å². The Morgan fingerprint density at radius 1 is 1.09 bits per heavy atom. The molecule has 0 aromatic heterocycles. The molecular weight excluding hydrogens is 346 g/mol. The number of nitrogens with one attached hydrogen (secondary N) is 1. The number of halogens is 1. The van der Waals surface area contributed by atoms with Crippen molar-refractivity contribution >= 4 is 15.9 Å². The minimum Gasteiger partial charge on any atom is -0.493 e. The molecule has 2 aromatic rings. The second kappa shape index (κ2) is 8.17. The number of benzene rings is 2.